The molecule has 0 aromatic heterocycles. The highest BCUT2D eigenvalue weighted by Gasteiger charge is 2.37. The van der Waals surface area contributed by atoms with Gasteiger partial charge in [0.2, 0.25) is 0 Å². The molecule has 0 radical (unpaired) electrons. The van der Waals surface area contributed by atoms with E-state index in [1.165, 1.54) is 44.1 Å². The van der Waals surface area contributed by atoms with Gasteiger partial charge in [-0.15, -0.1) is 0 Å². The van der Waals surface area contributed by atoms with Gasteiger partial charge in [-0.25, -0.2) is 0 Å². The lowest BCUT2D eigenvalue weighted by molar-refractivity contribution is 0.252. The molecule has 16 heavy (non-hydrogen) atoms. The van der Waals surface area contributed by atoms with Crippen molar-refractivity contribution in [2.24, 2.45) is 5.73 Å². The monoisotopic (exact) mass is 215 g/mol. The van der Waals surface area contributed by atoms with E-state index in [-0.39, 0.29) is 0 Å². The maximum atomic E-state index is 5.97. The highest BCUT2D eigenvalue weighted by atomic mass is 14.6. The molecule has 86 valence electrons. The zero-order chi connectivity index (χ0) is 11.0. The lowest BCUT2D eigenvalue weighted by atomic mass is 9.64. The molecule has 1 heteroatoms. The highest BCUT2D eigenvalue weighted by molar-refractivity contribution is 5.34. The van der Waals surface area contributed by atoms with Gasteiger partial charge in [0.25, 0.3) is 0 Å². The van der Waals surface area contributed by atoms with Crippen molar-refractivity contribution in [3.05, 3.63) is 35.4 Å². The molecule has 2 fully saturated rings. The van der Waals surface area contributed by atoms with Gasteiger partial charge in [0.05, 0.1) is 0 Å². The first kappa shape index (κ1) is 10.3. The third-order valence-corrected chi connectivity index (χ3v) is 4.78. The molecule has 3 rings (SSSR count). The van der Waals surface area contributed by atoms with Crippen molar-refractivity contribution in [1.82, 2.24) is 0 Å². The van der Waals surface area contributed by atoms with Crippen molar-refractivity contribution in [2.45, 2.75) is 49.9 Å². The van der Waals surface area contributed by atoms with Gasteiger partial charge in [-0.3, -0.25) is 0 Å². The van der Waals surface area contributed by atoms with E-state index >= 15 is 0 Å². The van der Waals surface area contributed by atoms with Crippen molar-refractivity contribution in [1.29, 1.82) is 0 Å². The van der Waals surface area contributed by atoms with Crippen LogP contribution in [0.1, 0.15) is 55.6 Å². The van der Waals surface area contributed by atoms with E-state index < -0.39 is 0 Å². The van der Waals surface area contributed by atoms with Gasteiger partial charge in [-0.1, -0.05) is 37.1 Å². The summed E-state index contributed by atoms with van der Waals surface area (Å²) in [7, 11) is 0. The Morgan fingerprint density at radius 2 is 2.00 bits per heavy atom. The van der Waals surface area contributed by atoms with Gasteiger partial charge in [-0.2, -0.15) is 0 Å². The fraction of sp³-hybridized carbons (Fsp3) is 0.600. The average Bonchev–Trinajstić information content (AvgIpc) is 2.15. The fourth-order valence-corrected chi connectivity index (χ4v) is 3.08. The fourth-order valence-electron chi connectivity index (χ4n) is 3.08. The molecule has 0 aliphatic heterocycles. The van der Waals surface area contributed by atoms with E-state index in [9.17, 15) is 0 Å². The van der Waals surface area contributed by atoms with Crippen LogP contribution in [-0.4, -0.2) is 6.54 Å². The molecular weight excluding hydrogens is 194 g/mol. The molecule has 0 heterocycles. The molecule has 0 saturated heterocycles. The van der Waals surface area contributed by atoms with Crippen LogP contribution in [0.2, 0.25) is 0 Å². The van der Waals surface area contributed by atoms with Gasteiger partial charge in [-0.05, 0) is 42.7 Å². The Kier molecular flexibility index (Phi) is 2.51. The van der Waals surface area contributed by atoms with Crippen molar-refractivity contribution in [2.75, 3.05) is 6.54 Å². The maximum Gasteiger partial charge on any atom is 0.00756 e. The van der Waals surface area contributed by atoms with E-state index in [0.717, 1.165) is 12.5 Å². The summed E-state index contributed by atoms with van der Waals surface area (Å²) in [5, 5.41) is 0. The quantitative estimate of drug-likeness (QED) is 0.822. The van der Waals surface area contributed by atoms with E-state index in [1.807, 2.05) is 0 Å². The minimum Gasteiger partial charge on any atom is -0.330 e. The van der Waals surface area contributed by atoms with E-state index in [2.05, 4.69) is 24.3 Å². The zero-order valence-electron chi connectivity index (χ0n) is 9.91. The van der Waals surface area contributed by atoms with Gasteiger partial charge < -0.3 is 5.73 Å². The van der Waals surface area contributed by atoms with E-state index in [4.69, 9.17) is 5.73 Å². The highest BCUT2D eigenvalue weighted by Crippen LogP contribution is 2.44. The second kappa shape index (κ2) is 3.89. The maximum absolute atomic E-state index is 5.97. The summed E-state index contributed by atoms with van der Waals surface area (Å²) in [6, 6.07) is 9.26. The summed E-state index contributed by atoms with van der Waals surface area (Å²) >= 11 is 0. The minimum atomic E-state index is 0.333. The van der Waals surface area contributed by atoms with Crippen LogP contribution in [0.15, 0.2) is 24.3 Å². The van der Waals surface area contributed by atoms with Crippen molar-refractivity contribution in [3.8, 4) is 0 Å². The number of benzene rings is 1. The first-order valence-corrected chi connectivity index (χ1v) is 6.65. The molecule has 2 saturated carbocycles. The standard InChI is InChI=1S/C15H21N/c16-11-15(8-3-9-15)14-7-2-6-13(10-14)12-4-1-5-12/h2,6-7,10,12H,1,3-5,8-9,11,16H2. The van der Waals surface area contributed by atoms with Crippen LogP contribution >= 0.6 is 0 Å². The van der Waals surface area contributed by atoms with Crippen molar-refractivity contribution in [3.63, 3.8) is 0 Å². The van der Waals surface area contributed by atoms with E-state index in [1.54, 1.807) is 5.56 Å². The van der Waals surface area contributed by atoms with Crippen LogP contribution in [0.5, 0.6) is 0 Å². The summed E-state index contributed by atoms with van der Waals surface area (Å²) in [5.41, 5.74) is 9.37. The Balaban J connectivity index is 1.89. The average molecular weight is 215 g/mol. The molecule has 1 nitrogen and oxygen atoms in total. The molecule has 0 amide bonds. The first-order valence-electron chi connectivity index (χ1n) is 6.65. The zero-order valence-corrected chi connectivity index (χ0v) is 9.91. The predicted molar refractivity (Wildman–Crippen MR) is 67.6 cm³/mol. The van der Waals surface area contributed by atoms with Crippen LogP contribution in [0, 0.1) is 0 Å². The Labute approximate surface area is 98.0 Å². The van der Waals surface area contributed by atoms with Crippen molar-refractivity contribution < 1.29 is 0 Å². The number of hydrogen-bond donors (Lipinski definition) is 1. The smallest absolute Gasteiger partial charge is 0.00756 e. The lowest BCUT2D eigenvalue weighted by Gasteiger charge is -2.42. The number of rotatable bonds is 3. The lowest BCUT2D eigenvalue weighted by Crippen LogP contribution is -2.41. The largest absolute Gasteiger partial charge is 0.330 e. The Hall–Kier alpha value is -0.820. The summed E-state index contributed by atoms with van der Waals surface area (Å²) in [4.78, 5) is 0. The Morgan fingerprint density at radius 3 is 2.50 bits per heavy atom. The second-order valence-electron chi connectivity index (χ2n) is 5.59. The van der Waals surface area contributed by atoms with Crippen LogP contribution in [0.25, 0.3) is 0 Å². The van der Waals surface area contributed by atoms with Gasteiger partial charge >= 0.3 is 0 Å². The number of hydrogen-bond acceptors (Lipinski definition) is 1. The summed E-state index contributed by atoms with van der Waals surface area (Å²) in [6.07, 6.45) is 8.12. The van der Waals surface area contributed by atoms with E-state index in [0.29, 0.717) is 5.41 Å². The molecule has 0 bridgehead atoms. The van der Waals surface area contributed by atoms with Crippen LogP contribution < -0.4 is 5.73 Å². The third kappa shape index (κ3) is 1.49. The summed E-state index contributed by atoms with van der Waals surface area (Å²) in [6.45, 7) is 0.821. The normalized spacial score (nSPS) is 23.6. The van der Waals surface area contributed by atoms with Crippen LogP contribution in [0.3, 0.4) is 0 Å². The molecule has 1 aromatic carbocycles. The molecule has 0 unspecified atom stereocenters. The third-order valence-electron chi connectivity index (χ3n) is 4.78. The topological polar surface area (TPSA) is 26.0 Å². The number of nitrogens with two attached hydrogens (primary N) is 1. The molecule has 1 aromatic rings. The van der Waals surface area contributed by atoms with Gasteiger partial charge in [0.15, 0.2) is 0 Å². The second-order valence-corrected chi connectivity index (χ2v) is 5.59. The molecule has 0 spiro atoms. The molecule has 0 atom stereocenters. The van der Waals surface area contributed by atoms with Crippen LogP contribution in [-0.2, 0) is 5.41 Å². The minimum absolute atomic E-state index is 0.333. The predicted octanol–water partition coefficient (Wildman–Crippen LogP) is 3.33. The summed E-state index contributed by atoms with van der Waals surface area (Å²) in [5.74, 6) is 0.842. The Morgan fingerprint density at radius 1 is 1.19 bits per heavy atom. The molecule has 2 aliphatic carbocycles. The Bertz CT molecular complexity index is 369. The molecule has 2 N–H and O–H groups in total. The van der Waals surface area contributed by atoms with Crippen molar-refractivity contribution >= 4 is 0 Å². The summed E-state index contributed by atoms with van der Waals surface area (Å²) < 4.78 is 0. The molecular formula is C15H21N. The van der Waals surface area contributed by atoms with Gasteiger partial charge in [0, 0.05) is 12.0 Å². The van der Waals surface area contributed by atoms with Crippen LogP contribution in [0.4, 0.5) is 0 Å². The van der Waals surface area contributed by atoms with Gasteiger partial charge in [0.1, 0.15) is 0 Å². The SMILES string of the molecule is NCC1(c2cccc(C3CCC3)c2)CCC1. The molecule has 2 aliphatic rings. The first-order chi connectivity index (χ1) is 7.84.